The number of rotatable bonds is 6. The van der Waals surface area contributed by atoms with Gasteiger partial charge in [0.1, 0.15) is 0 Å². The lowest BCUT2D eigenvalue weighted by Gasteiger charge is -2.33. The summed E-state index contributed by atoms with van der Waals surface area (Å²) in [6, 6.07) is 7.05. The third-order valence-corrected chi connectivity index (χ3v) is 7.62. The minimum Gasteiger partial charge on any atom is -0.465 e. The van der Waals surface area contributed by atoms with E-state index in [1.807, 2.05) is 0 Å². The maximum absolute atomic E-state index is 12.2. The number of carbonyl (C=O) groups excluding carboxylic acids is 2. The third-order valence-electron chi connectivity index (χ3n) is 7.62. The first-order valence-corrected chi connectivity index (χ1v) is 14.3. The van der Waals surface area contributed by atoms with Crippen molar-refractivity contribution in [2.45, 2.75) is 25.7 Å². The first kappa shape index (κ1) is 32.2. The number of piperazine rings is 2. The zero-order valence-electron chi connectivity index (χ0n) is 23.9. The number of carbonyl (C=O) groups is 4. The van der Waals surface area contributed by atoms with Gasteiger partial charge in [-0.2, -0.15) is 0 Å². The van der Waals surface area contributed by atoms with Gasteiger partial charge in [-0.15, -0.1) is 0 Å². The van der Waals surface area contributed by atoms with Gasteiger partial charge in [0, 0.05) is 64.6 Å². The van der Waals surface area contributed by atoms with E-state index in [-0.39, 0.29) is 24.3 Å². The molecule has 0 spiro atoms. The molecule has 3 fully saturated rings. The maximum Gasteiger partial charge on any atom is 0.407 e. The van der Waals surface area contributed by atoms with Crippen LogP contribution in [0.15, 0.2) is 24.3 Å². The van der Waals surface area contributed by atoms with Crippen molar-refractivity contribution >= 4 is 35.8 Å². The summed E-state index contributed by atoms with van der Waals surface area (Å²) >= 11 is 0. The second-order valence-corrected chi connectivity index (χ2v) is 10.5. The molecule has 0 bridgehead atoms. The molecule has 0 saturated carbocycles. The van der Waals surface area contributed by atoms with Crippen LogP contribution in [0, 0.1) is 11.3 Å². The lowest BCUT2D eigenvalue weighted by atomic mass is 9.95. The highest BCUT2D eigenvalue weighted by atomic mass is 16.4. The Morgan fingerprint density at radius 2 is 1.33 bits per heavy atom. The standard InChI is InChI=1S/C14H19N5O3.C13H24N4O3/c15-13(16)17-11-3-1-10(2-4-11)9-12(20)18-5-7-19(8-6-18)14(21)22;18-12(15-6-3-11-1-4-14-5-2-11)16-7-9-17(10-8-16)13(19)20/h1-4H,5-9H2,(H,21,22)(H4,15,16,17);11,14H,1-10H2,(H,15,18)(H,19,20). The molecule has 3 heterocycles. The van der Waals surface area contributed by atoms with E-state index in [1.54, 1.807) is 34.1 Å². The molecule has 15 heteroatoms. The molecule has 4 rings (SSSR count). The smallest absolute Gasteiger partial charge is 0.407 e. The summed E-state index contributed by atoms with van der Waals surface area (Å²) in [4.78, 5) is 51.8. The molecule has 0 radical (unpaired) electrons. The van der Waals surface area contributed by atoms with Crippen LogP contribution in [0.4, 0.5) is 20.1 Å². The molecule has 3 saturated heterocycles. The van der Waals surface area contributed by atoms with Crippen molar-refractivity contribution in [3.05, 3.63) is 29.8 Å². The number of benzene rings is 1. The molecule has 8 N–H and O–H groups in total. The summed E-state index contributed by atoms with van der Waals surface area (Å²) in [5.74, 6) is 0.554. The summed E-state index contributed by atoms with van der Waals surface area (Å²) in [7, 11) is 0. The molecule has 42 heavy (non-hydrogen) atoms. The Kier molecular flexibility index (Phi) is 12.5. The van der Waals surface area contributed by atoms with Crippen molar-refractivity contribution in [1.82, 2.24) is 30.2 Å². The number of amides is 5. The average Bonchev–Trinajstić information content (AvgIpc) is 2.99. The van der Waals surface area contributed by atoms with Crippen molar-refractivity contribution in [1.29, 1.82) is 5.41 Å². The maximum atomic E-state index is 12.2. The summed E-state index contributed by atoms with van der Waals surface area (Å²) in [6.07, 6.45) is 1.83. The summed E-state index contributed by atoms with van der Waals surface area (Å²) in [6.45, 7) is 6.18. The lowest BCUT2D eigenvalue weighted by molar-refractivity contribution is -0.132. The number of anilines is 1. The number of hydrogen-bond donors (Lipinski definition) is 7. The Morgan fingerprint density at radius 1 is 0.833 bits per heavy atom. The van der Waals surface area contributed by atoms with Crippen molar-refractivity contribution in [3.8, 4) is 0 Å². The Bertz CT molecular complexity index is 1060. The molecule has 3 aliphatic heterocycles. The van der Waals surface area contributed by atoms with E-state index in [2.05, 4.69) is 16.0 Å². The number of carboxylic acid groups (broad SMARTS) is 2. The Morgan fingerprint density at radius 3 is 1.83 bits per heavy atom. The number of urea groups is 1. The van der Waals surface area contributed by atoms with E-state index >= 15 is 0 Å². The number of nitrogens with one attached hydrogen (secondary N) is 4. The van der Waals surface area contributed by atoms with Crippen LogP contribution in [0.3, 0.4) is 0 Å². The van der Waals surface area contributed by atoms with Gasteiger partial charge in [-0.25, -0.2) is 14.4 Å². The molecule has 1 aromatic rings. The number of nitrogens with two attached hydrogens (primary N) is 1. The molecule has 15 nitrogen and oxygen atoms in total. The molecular formula is C27H43N9O6. The van der Waals surface area contributed by atoms with E-state index in [4.69, 9.17) is 21.4 Å². The van der Waals surface area contributed by atoms with Gasteiger partial charge in [0.05, 0.1) is 6.42 Å². The molecular weight excluding hydrogens is 546 g/mol. The number of piperidine rings is 1. The SMILES string of the molecule is N=C(N)Nc1ccc(CC(=O)N2CCN(C(=O)O)CC2)cc1.O=C(O)N1CCN(C(=O)NCCC2CCNCC2)CC1. The highest BCUT2D eigenvalue weighted by Crippen LogP contribution is 2.15. The van der Waals surface area contributed by atoms with Crippen LogP contribution in [0.25, 0.3) is 0 Å². The topological polar surface area (TPSA) is 208 Å². The Balaban J connectivity index is 0.000000231. The summed E-state index contributed by atoms with van der Waals surface area (Å²) in [5, 5.41) is 33.8. The molecule has 0 aliphatic carbocycles. The number of hydrogen-bond acceptors (Lipinski definition) is 6. The van der Waals surface area contributed by atoms with Crippen LogP contribution in [-0.4, -0.2) is 132 Å². The fraction of sp³-hybridized carbons (Fsp3) is 0.593. The minimum absolute atomic E-state index is 0.0164. The van der Waals surface area contributed by atoms with Crippen molar-refractivity contribution < 1.29 is 29.4 Å². The first-order chi connectivity index (χ1) is 20.1. The third kappa shape index (κ3) is 10.6. The average molecular weight is 590 g/mol. The van der Waals surface area contributed by atoms with Crippen LogP contribution < -0.4 is 21.7 Å². The van der Waals surface area contributed by atoms with Gasteiger partial charge >= 0.3 is 18.2 Å². The molecule has 0 aromatic heterocycles. The van der Waals surface area contributed by atoms with Gasteiger partial charge in [0.15, 0.2) is 5.96 Å². The van der Waals surface area contributed by atoms with Gasteiger partial charge in [0.2, 0.25) is 5.91 Å². The monoisotopic (exact) mass is 589 g/mol. The van der Waals surface area contributed by atoms with Gasteiger partial charge in [-0.3, -0.25) is 10.2 Å². The number of guanidine groups is 1. The van der Waals surface area contributed by atoms with E-state index in [0.717, 1.165) is 25.1 Å². The highest BCUT2D eigenvalue weighted by molar-refractivity contribution is 5.89. The van der Waals surface area contributed by atoms with Gasteiger partial charge < -0.3 is 51.5 Å². The molecule has 0 atom stereocenters. The number of nitrogens with zero attached hydrogens (tertiary/aromatic N) is 4. The zero-order valence-corrected chi connectivity index (χ0v) is 23.9. The Labute approximate surface area is 245 Å². The van der Waals surface area contributed by atoms with Gasteiger partial charge in [-0.05, 0) is 56.0 Å². The predicted octanol–water partition coefficient (Wildman–Crippen LogP) is 0.738. The van der Waals surface area contributed by atoms with Gasteiger partial charge in [-0.1, -0.05) is 12.1 Å². The van der Waals surface area contributed by atoms with Crippen LogP contribution >= 0.6 is 0 Å². The van der Waals surface area contributed by atoms with Crippen molar-refractivity contribution in [2.24, 2.45) is 11.7 Å². The van der Waals surface area contributed by atoms with E-state index in [1.165, 1.54) is 22.6 Å². The van der Waals surface area contributed by atoms with Crippen LogP contribution in [0.1, 0.15) is 24.8 Å². The second kappa shape index (κ2) is 16.2. The normalized spacial score (nSPS) is 17.5. The fourth-order valence-corrected chi connectivity index (χ4v) is 5.06. The van der Waals surface area contributed by atoms with Crippen LogP contribution in [0.5, 0.6) is 0 Å². The van der Waals surface area contributed by atoms with E-state index in [9.17, 15) is 19.2 Å². The van der Waals surface area contributed by atoms with E-state index < -0.39 is 12.2 Å². The van der Waals surface area contributed by atoms with Crippen LogP contribution in [-0.2, 0) is 11.2 Å². The predicted molar refractivity (Wildman–Crippen MR) is 157 cm³/mol. The fourth-order valence-electron chi connectivity index (χ4n) is 5.06. The molecule has 232 valence electrons. The molecule has 5 amide bonds. The second-order valence-electron chi connectivity index (χ2n) is 10.5. The van der Waals surface area contributed by atoms with Gasteiger partial charge in [0.25, 0.3) is 0 Å². The first-order valence-electron chi connectivity index (χ1n) is 14.3. The van der Waals surface area contributed by atoms with Crippen molar-refractivity contribution in [3.63, 3.8) is 0 Å². The largest absolute Gasteiger partial charge is 0.465 e. The van der Waals surface area contributed by atoms with Crippen LogP contribution in [0.2, 0.25) is 0 Å². The minimum atomic E-state index is -0.944. The zero-order chi connectivity index (χ0) is 30.5. The summed E-state index contributed by atoms with van der Waals surface area (Å²) < 4.78 is 0. The molecule has 1 aromatic carbocycles. The summed E-state index contributed by atoms with van der Waals surface area (Å²) in [5.41, 5.74) is 6.79. The molecule has 3 aliphatic rings. The van der Waals surface area contributed by atoms with E-state index in [0.29, 0.717) is 70.5 Å². The highest BCUT2D eigenvalue weighted by Gasteiger charge is 2.25. The quantitative estimate of drug-likeness (QED) is 0.184. The molecule has 0 unspecified atom stereocenters. The van der Waals surface area contributed by atoms with Crippen molar-refractivity contribution in [2.75, 3.05) is 77.3 Å². The lowest BCUT2D eigenvalue weighted by Crippen LogP contribution is -2.53. The Hall–Kier alpha value is -4.27.